The van der Waals surface area contributed by atoms with Crippen molar-refractivity contribution in [2.45, 2.75) is 31.7 Å². The molecule has 1 unspecified atom stereocenters. The predicted molar refractivity (Wildman–Crippen MR) is 68.6 cm³/mol. The fourth-order valence-electron chi connectivity index (χ4n) is 2.50. The summed E-state index contributed by atoms with van der Waals surface area (Å²) < 4.78 is 39.1. The maximum atomic E-state index is 13.0. The average molecular weight is 304 g/mol. The van der Waals surface area contributed by atoms with Crippen molar-refractivity contribution in [1.29, 1.82) is 0 Å². The Labute approximate surface area is 119 Å². The molecule has 8 heteroatoms. The molecule has 1 aromatic rings. The van der Waals surface area contributed by atoms with Gasteiger partial charge in [-0.3, -0.25) is 15.0 Å². The quantitative estimate of drug-likeness (QED) is 0.688. The summed E-state index contributed by atoms with van der Waals surface area (Å²) in [5.41, 5.74) is -1.58. The van der Waals surface area contributed by atoms with E-state index >= 15 is 0 Å². The van der Waals surface area contributed by atoms with Crippen LogP contribution in [0.5, 0.6) is 0 Å². The van der Waals surface area contributed by atoms with Gasteiger partial charge in [0.1, 0.15) is 0 Å². The first-order valence-electron chi connectivity index (χ1n) is 6.52. The number of likely N-dealkylation sites (tertiary alicyclic amines) is 1. The summed E-state index contributed by atoms with van der Waals surface area (Å²) in [5.74, 6) is 0. The van der Waals surface area contributed by atoms with Gasteiger partial charge in [0.25, 0.3) is 5.69 Å². The van der Waals surface area contributed by atoms with Crippen molar-refractivity contribution in [2.24, 2.45) is 0 Å². The van der Waals surface area contributed by atoms with Gasteiger partial charge in [0.15, 0.2) is 0 Å². The van der Waals surface area contributed by atoms with Crippen LogP contribution in [0.2, 0.25) is 0 Å². The van der Waals surface area contributed by atoms with Crippen LogP contribution in [0.15, 0.2) is 18.2 Å². The largest absolute Gasteiger partial charge is 0.416 e. The van der Waals surface area contributed by atoms with Gasteiger partial charge >= 0.3 is 6.18 Å². The Bertz CT molecular complexity index is 534. The van der Waals surface area contributed by atoms with Crippen molar-refractivity contribution >= 4 is 5.69 Å². The van der Waals surface area contributed by atoms with Crippen LogP contribution in [0.25, 0.3) is 0 Å². The summed E-state index contributed by atoms with van der Waals surface area (Å²) in [4.78, 5) is 11.5. The number of β-amino-alcohol motifs (C(OH)–C–C–N with tert-alkyl or cyclic N) is 1. The number of hydrogen-bond acceptors (Lipinski definition) is 4. The Morgan fingerprint density at radius 1 is 1.43 bits per heavy atom. The van der Waals surface area contributed by atoms with Gasteiger partial charge in [-0.1, -0.05) is 6.07 Å². The highest BCUT2D eigenvalue weighted by molar-refractivity contribution is 5.41. The number of benzene rings is 1. The van der Waals surface area contributed by atoms with Crippen LogP contribution in [-0.2, 0) is 12.7 Å². The minimum absolute atomic E-state index is 0.0119. The molecule has 0 amide bonds. The average Bonchev–Trinajstić information content (AvgIpc) is 2.37. The molecule has 0 radical (unpaired) electrons. The van der Waals surface area contributed by atoms with E-state index in [1.165, 1.54) is 0 Å². The highest BCUT2D eigenvalue weighted by Gasteiger charge is 2.35. The SMILES string of the molecule is O=[N+]([O-])c1ccc(CN2CCCC(O)C2)c(C(F)(F)F)c1. The number of halogens is 3. The Balaban J connectivity index is 2.27. The molecule has 1 heterocycles. The van der Waals surface area contributed by atoms with E-state index in [1.807, 2.05) is 0 Å². The topological polar surface area (TPSA) is 66.6 Å². The number of nitro benzene ring substituents is 1. The molecule has 0 spiro atoms. The fraction of sp³-hybridized carbons (Fsp3) is 0.538. The number of aliphatic hydroxyl groups is 1. The third-order valence-corrected chi connectivity index (χ3v) is 3.48. The lowest BCUT2D eigenvalue weighted by Gasteiger charge is -2.30. The van der Waals surface area contributed by atoms with Crippen molar-refractivity contribution in [3.8, 4) is 0 Å². The molecule has 21 heavy (non-hydrogen) atoms. The van der Waals surface area contributed by atoms with E-state index in [4.69, 9.17) is 0 Å². The first-order chi connectivity index (χ1) is 9.77. The van der Waals surface area contributed by atoms with Gasteiger partial charge in [0, 0.05) is 25.2 Å². The zero-order valence-corrected chi connectivity index (χ0v) is 11.1. The second-order valence-corrected chi connectivity index (χ2v) is 5.13. The molecule has 2 rings (SSSR count). The van der Waals surface area contributed by atoms with Crippen molar-refractivity contribution in [3.63, 3.8) is 0 Å². The summed E-state index contributed by atoms with van der Waals surface area (Å²) in [5, 5.41) is 20.2. The van der Waals surface area contributed by atoms with E-state index in [9.17, 15) is 28.4 Å². The maximum absolute atomic E-state index is 13.0. The van der Waals surface area contributed by atoms with Crippen molar-refractivity contribution < 1.29 is 23.2 Å². The molecule has 5 nitrogen and oxygen atoms in total. The monoisotopic (exact) mass is 304 g/mol. The smallest absolute Gasteiger partial charge is 0.392 e. The van der Waals surface area contributed by atoms with Gasteiger partial charge < -0.3 is 5.11 Å². The summed E-state index contributed by atoms with van der Waals surface area (Å²) >= 11 is 0. The van der Waals surface area contributed by atoms with Gasteiger partial charge in [0.2, 0.25) is 0 Å². The lowest BCUT2D eigenvalue weighted by Crippen LogP contribution is -2.38. The van der Waals surface area contributed by atoms with Gasteiger partial charge in [-0.15, -0.1) is 0 Å². The number of piperidine rings is 1. The highest BCUT2D eigenvalue weighted by atomic mass is 19.4. The zero-order chi connectivity index (χ0) is 15.6. The molecule has 116 valence electrons. The molecule has 1 atom stereocenters. The minimum atomic E-state index is -4.64. The Hall–Kier alpha value is -1.67. The molecule has 0 aliphatic carbocycles. The van der Waals surface area contributed by atoms with Gasteiger partial charge in [-0.05, 0) is 24.9 Å². The number of nitro groups is 1. The molecule has 1 aliphatic heterocycles. The Morgan fingerprint density at radius 3 is 2.71 bits per heavy atom. The second-order valence-electron chi connectivity index (χ2n) is 5.13. The van der Waals surface area contributed by atoms with E-state index in [0.29, 0.717) is 25.6 Å². The molecule has 1 fully saturated rings. The first-order valence-corrected chi connectivity index (χ1v) is 6.52. The highest BCUT2D eigenvalue weighted by Crippen LogP contribution is 2.35. The predicted octanol–water partition coefficient (Wildman–Crippen LogP) is 2.57. The lowest BCUT2D eigenvalue weighted by atomic mass is 10.0. The van der Waals surface area contributed by atoms with Crippen LogP contribution < -0.4 is 0 Å². The molecule has 1 aliphatic rings. The van der Waals surface area contributed by atoms with Crippen LogP contribution >= 0.6 is 0 Å². The number of nitrogens with zero attached hydrogens (tertiary/aromatic N) is 2. The summed E-state index contributed by atoms with van der Waals surface area (Å²) in [6.07, 6.45) is -3.82. The molecule has 0 aromatic heterocycles. The van der Waals surface area contributed by atoms with Crippen molar-refractivity contribution in [2.75, 3.05) is 13.1 Å². The molecule has 1 saturated heterocycles. The zero-order valence-electron chi connectivity index (χ0n) is 11.1. The number of alkyl halides is 3. The molecular formula is C13H15F3N2O3. The van der Waals surface area contributed by atoms with Crippen LogP contribution in [0, 0.1) is 10.1 Å². The molecule has 1 aromatic carbocycles. The number of non-ortho nitro benzene ring substituents is 1. The number of aliphatic hydroxyl groups excluding tert-OH is 1. The number of rotatable bonds is 3. The third-order valence-electron chi connectivity index (χ3n) is 3.48. The second kappa shape index (κ2) is 5.98. The van der Waals surface area contributed by atoms with E-state index in [-0.39, 0.29) is 12.1 Å². The van der Waals surface area contributed by atoms with Gasteiger partial charge in [-0.2, -0.15) is 13.2 Å². The van der Waals surface area contributed by atoms with Gasteiger partial charge in [-0.25, -0.2) is 0 Å². The molecule has 1 N–H and O–H groups in total. The summed E-state index contributed by atoms with van der Waals surface area (Å²) in [6.45, 7) is 0.934. The first kappa shape index (κ1) is 15.7. The van der Waals surface area contributed by atoms with E-state index in [1.54, 1.807) is 4.90 Å². The van der Waals surface area contributed by atoms with Crippen LogP contribution in [0.4, 0.5) is 18.9 Å². The maximum Gasteiger partial charge on any atom is 0.416 e. The van der Waals surface area contributed by atoms with Crippen molar-refractivity contribution in [1.82, 2.24) is 4.90 Å². The van der Waals surface area contributed by atoms with Crippen LogP contribution in [0.1, 0.15) is 24.0 Å². The third kappa shape index (κ3) is 3.92. The Kier molecular flexibility index (Phi) is 4.48. The lowest BCUT2D eigenvalue weighted by molar-refractivity contribution is -0.385. The normalized spacial score (nSPS) is 20.5. The Morgan fingerprint density at radius 2 is 2.14 bits per heavy atom. The summed E-state index contributed by atoms with van der Waals surface area (Å²) in [6, 6.07) is 2.78. The number of hydrogen-bond donors (Lipinski definition) is 1. The van der Waals surface area contributed by atoms with E-state index in [2.05, 4.69) is 0 Å². The minimum Gasteiger partial charge on any atom is -0.392 e. The molecular weight excluding hydrogens is 289 g/mol. The molecule has 0 bridgehead atoms. The molecule has 0 saturated carbocycles. The van der Waals surface area contributed by atoms with E-state index < -0.39 is 28.5 Å². The van der Waals surface area contributed by atoms with Gasteiger partial charge in [0.05, 0.1) is 16.6 Å². The van der Waals surface area contributed by atoms with Crippen molar-refractivity contribution in [3.05, 3.63) is 39.4 Å². The van der Waals surface area contributed by atoms with Crippen LogP contribution in [-0.4, -0.2) is 34.1 Å². The van der Waals surface area contributed by atoms with E-state index in [0.717, 1.165) is 18.6 Å². The fourth-order valence-corrected chi connectivity index (χ4v) is 2.50. The summed E-state index contributed by atoms with van der Waals surface area (Å²) in [7, 11) is 0. The standard InChI is InChI=1S/C13H15F3N2O3/c14-13(15,16)12-6-10(18(20)21)4-3-9(12)7-17-5-1-2-11(19)8-17/h3-4,6,11,19H,1-2,5,7-8H2. The van der Waals surface area contributed by atoms with Crippen LogP contribution in [0.3, 0.4) is 0 Å².